The Morgan fingerprint density at radius 3 is 0.972 bits per heavy atom. The molecule has 0 saturated heterocycles. The van der Waals surface area contributed by atoms with Crippen molar-refractivity contribution < 1.29 is 0 Å². The van der Waals surface area contributed by atoms with Gasteiger partial charge in [0.1, 0.15) is 0 Å². The van der Waals surface area contributed by atoms with Gasteiger partial charge >= 0.3 is 0 Å². The van der Waals surface area contributed by atoms with Crippen molar-refractivity contribution in [1.29, 1.82) is 0 Å². The van der Waals surface area contributed by atoms with E-state index in [1.807, 2.05) is 0 Å². The highest BCUT2D eigenvalue weighted by Crippen LogP contribution is 2.54. The molecule has 4 heteroatoms. The Hall–Kier alpha value is -2.34. The lowest BCUT2D eigenvalue weighted by Crippen LogP contribution is -2.43. The van der Waals surface area contributed by atoms with Crippen LogP contribution in [0.2, 0.25) is 0 Å². The summed E-state index contributed by atoms with van der Waals surface area (Å²) < 4.78 is 2.84. The minimum atomic E-state index is -0.735. The van der Waals surface area contributed by atoms with Gasteiger partial charge in [-0.2, -0.15) is 0 Å². The first-order valence-corrected chi connectivity index (χ1v) is 15.5. The summed E-state index contributed by atoms with van der Waals surface area (Å²) in [6.07, 6.45) is 0. The van der Waals surface area contributed by atoms with Crippen molar-refractivity contribution in [3.05, 3.63) is 121 Å². The molecule has 0 aliphatic heterocycles. The Morgan fingerprint density at radius 2 is 0.722 bits per heavy atom. The SMILES string of the molecule is CC(C)N(CCN(P(c1ccccc1)c1ccccc1)P(c1ccccc1)c1ccccc1)C(C)C. The largest absolute Gasteiger partial charge is 0.297 e. The van der Waals surface area contributed by atoms with E-state index >= 15 is 0 Å². The number of rotatable bonds is 11. The average Bonchev–Trinajstić information content (AvgIpc) is 2.91. The monoisotopic (exact) mass is 512 g/mol. The molecule has 0 unspecified atom stereocenters. The summed E-state index contributed by atoms with van der Waals surface area (Å²) in [4.78, 5) is 2.62. The van der Waals surface area contributed by atoms with Gasteiger partial charge in [-0.05, 0) is 48.9 Å². The molecule has 36 heavy (non-hydrogen) atoms. The fourth-order valence-electron chi connectivity index (χ4n) is 4.72. The summed E-state index contributed by atoms with van der Waals surface area (Å²) in [6.45, 7) is 11.3. The average molecular weight is 513 g/mol. The van der Waals surface area contributed by atoms with E-state index in [9.17, 15) is 0 Å². The van der Waals surface area contributed by atoms with Crippen molar-refractivity contribution in [2.24, 2.45) is 0 Å². The third-order valence-electron chi connectivity index (χ3n) is 6.35. The topological polar surface area (TPSA) is 6.48 Å². The third-order valence-corrected chi connectivity index (χ3v) is 11.9. The quantitative estimate of drug-likeness (QED) is 0.212. The Balaban J connectivity index is 1.88. The molecule has 4 aromatic carbocycles. The van der Waals surface area contributed by atoms with Gasteiger partial charge in [0.25, 0.3) is 0 Å². The third kappa shape index (κ3) is 6.70. The highest BCUT2D eigenvalue weighted by atomic mass is 31.2. The molecule has 0 aliphatic rings. The van der Waals surface area contributed by atoms with Gasteiger partial charge in [0.05, 0.1) is 0 Å². The molecule has 0 spiro atoms. The molecule has 2 nitrogen and oxygen atoms in total. The maximum Gasteiger partial charge on any atom is 0.0323 e. The van der Waals surface area contributed by atoms with Crippen molar-refractivity contribution in [3.63, 3.8) is 0 Å². The van der Waals surface area contributed by atoms with Crippen LogP contribution in [0.25, 0.3) is 0 Å². The highest BCUT2D eigenvalue weighted by Gasteiger charge is 2.32. The smallest absolute Gasteiger partial charge is 0.0323 e. The van der Waals surface area contributed by atoms with Gasteiger partial charge in [0, 0.05) is 41.3 Å². The van der Waals surface area contributed by atoms with Crippen molar-refractivity contribution in [3.8, 4) is 0 Å². The molecule has 0 N–H and O–H groups in total. The first kappa shape index (κ1) is 26.7. The van der Waals surface area contributed by atoms with E-state index in [1.54, 1.807) is 0 Å². The van der Waals surface area contributed by atoms with Crippen molar-refractivity contribution >= 4 is 37.4 Å². The van der Waals surface area contributed by atoms with Gasteiger partial charge in [-0.25, -0.2) is 4.44 Å². The lowest BCUT2D eigenvalue weighted by atomic mass is 10.2. The molecule has 0 bridgehead atoms. The molecular weight excluding hydrogens is 474 g/mol. The second kappa shape index (κ2) is 13.3. The summed E-state index contributed by atoms with van der Waals surface area (Å²) in [5.41, 5.74) is 0. The van der Waals surface area contributed by atoms with Crippen molar-refractivity contribution in [2.75, 3.05) is 13.1 Å². The van der Waals surface area contributed by atoms with Gasteiger partial charge in [0.15, 0.2) is 0 Å². The predicted octanol–water partition coefficient (Wildman–Crippen LogP) is 6.50. The van der Waals surface area contributed by atoms with E-state index in [1.165, 1.54) is 21.2 Å². The lowest BCUT2D eigenvalue weighted by molar-refractivity contribution is 0.173. The van der Waals surface area contributed by atoms with Crippen molar-refractivity contribution in [2.45, 2.75) is 39.8 Å². The summed E-state index contributed by atoms with van der Waals surface area (Å²) in [7, 11) is -1.47. The second-order valence-corrected chi connectivity index (χ2v) is 14.1. The zero-order valence-corrected chi connectivity index (χ0v) is 23.7. The normalized spacial score (nSPS) is 11.9. The minimum Gasteiger partial charge on any atom is -0.297 e. The van der Waals surface area contributed by atoms with E-state index in [2.05, 4.69) is 158 Å². The van der Waals surface area contributed by atoms with Crippen LogP contribution in [0.1, 0.15) is 27.7 Å². The van der Waals surface area contributed by atoms with Crippen LogP contribution in [0.15, 0.2) is 121 Å². The molecule has 186 valence electrons. The predicted molar refractivity (Wildman–Crippen MR) is 162 cm³/mol. The van der Waals surface area contributed by atoms with Gasteiger partial charge in [-0.3, -0.25) is 4.90 Å². The van der Waals surface area contributed by atoms with Crippen LogP contribution < -0.4 is 21.2 Å². The first-order chi connectivity index (χ1) is 17.6. The Kier molecular flexibility index (Phi) is 9.85. The molecular formula is C32H38N2P2. The molecule has 4 rings (SSSR count). The van der Waals surface area contributed by atoms with Crippen LogP contribution >= 0.6 is 16.1 Å². The standard InChI is InChI=1S/C32H38N2P2/c1-27(2)33(28(3)4)25-26-34(35(29-17-9-5-10-18-29)30-19-11-6-12-20-30)36(31-21-13-7-14-22-31)32-23-15-8-16-24-32/h5-24,27-28H,25-26H2,1-4H3. The van der Waals surface area contributed by atoms with Crippen LogP contribution in [0.4, 0.5) is 0 Å². The fourth-order valence-corrected chi connectivity index (χ4v) is 10.7. The van der Waals surface area contributed by atoms with Gasteiger partial charge in [-0.1, -0.05) is 121 Å². The van der Waals surface area contributed by atoms with E-state index in [0.29, 0.717) is 12.1 Å². The molecule has 0 radical (unpaired) electrons. The molecule has 4 aromatic rings. The maximum absolute atomic E-state index is 2.84. The zero-order chi connectivity index (χ0) is 25.3. The van der Waals surface area contributed by atoms with Crippen LogP contribution in [0.5, 0.6) is 0 Å². The molecule has 0 fully saturated rings. The molecule has 0 aromatic heterocycles. The minimum absolute atomic E-state index is 0.506. The summed E-state index contributed by atoms with van der Waals surface area (Å²) in [5, 5.41) is 5.61. The summed E-state index contributed by atoms with van der Waals surface area (Å²) in [5.74, 6) is 0. The van der Waals surface area contributed by atoms with Crippen molar-refractivity contribution in [1.82, 2.24) is 9.34 Å². The molecule has 0 amide bonds. The maximum atomic E-state index is 2.84. The number of hydrogen-bond acceptors (Lipinski definition) is 2. The van der Waals surface area contributed by atoms with E-state index < -0.39 is 16.1 Å². The van der Waals surface area contributed by atoms with Gasteiger partial charge < -0.3 is 0 Å². The Bertz CT molecular complexity index is 982. The van der Waals surface area contributed by atoms with E-state index in [-0.39, 0.29) is 0 Å². The highest BCUT2D eigenvalue weighted by molar-refractivity contribution is 7.84. The van der Waals surface area contributed by atoms with E-state index in [0.717, 1.165) is 13.1 Å². The molecule has 0 aliphatic carbocycles. The van der Waals surface area contributed by atoms with Crippen LogP contribution in [0, 0.1) is 0 Å². The summed E-state index contributed by atoms with van der Waals surface area (Å²) in [6, 6.07) is 45.6. The zero-order valence-electron chi connectivity index (χ0n) is 21.9. The van der Waals surface area contributed by atoms with Crippen LogP contribution in [-0.4, -0.2) is 34.5 Å². The van der Waals surface area contributed by atoms with Gasteiger partial charge in [0.2, 0.25) is 0 Å². The molecule has 0 atom stereocenters. The molecule has 0 saturated carbocycles. The number of benzene rings is 4. The second-order valence-electron chi connectivity index (χ2n) is 9.49. The van der Waals surface area contributed by atoms with Crippen LogP contribution in [0.3, 0.4) is 0 Å². The van der Waals surface area contributed by atoms with Gasteiger partial charge in [-0.15, -0.1) is 0 Å². The number of hydrogen-bond donors (Lipinski definition) is 0. The Labute approximate surface area is 220 Å². The summed E-state index contributed by atoms with van der Waals surface area (Å²) >= 11 is 0. The lowest BCUT2D eigenvalue weighted by Gasteiger charge is -2.41. The molecule has 0 heterocycles. The van der Waals surface area contributed by atoms with E-state index in [4.69, 9.17) is 0 Å². The van der Waals surface area contributed by atoms with Crippen LogP contribution in [-0.2, 0) is 0 Å². The number of nitrogens with zero attached hydrogens (tertiary/aromatic N) is 2. The Morgan fingerprint density at radius 1 is 0.444 bits per heavy atom. The fraction of sp³-hybridized carbons (Fsp3) is 0.250. The first-order valence-electron chi connectivity index (χ1n) is 12.9.